The van der Waals surface area contributed by atoms with Gasteiger partial charge in [-0.2, -0.15) is 18.4 Å². The molecule has 0 aliphatic heterocycles. The van der Waals surface area contributed by atoms with Gasteiger partial charge in [0.2, 0.25) is 0 Å². The lowest BCUT2D eigenvalue weighted by Crippen LogP contribution is -2.35. The first-order chi connectivity index (χ1) is 9.82. The lowest BCUT2D eigenvalue weighted by Gasteiger charge is -2.35. The number of anilines is 1. The van der Waals surface area contributed by atoms with Gasteiger partial charge in [0.05, 0.1) is 16.8 Å². The molecule has 2 nitrogen and oxygen atoms in total. The zero-order chi connectivity index (χ0) is 15.6. The Kier molecular flexibility index (Phi) is 4.46. The van der Waals surface area contributed by atoms with E-state index in [-0.39, 0.29) is 5.56 Å². The molecule has 1 aliphatic rings. The molecule has 0 N–H and O–H groups in total. The fraction of sp³-hybridized carbons (Fsp3) is 0.562. The molecule has 1 aromatic carbocycles. The monoisotopic (exact) mass is 296 g/mol. The Hall–Kier alpha value is -1.70. The van der Waals surface area contributed by atoms with E-state index in [1.165, 1.54) is 6.07 Å². The second kappa shape index (κ2) is 5.97. The van der Waals surface area contributed by atoms with Crippen LogP contribution in [0, 0.1) is 17.2 Å². The van der Waals surface area contributed by atoms with Gasteiger partial charge in [0.15, 0.2) is 0 Å². The zero-order valence-corrected chi connectivity index (χ0v) is 12.2. The number of nitrogens with zero attached hydrogens (tertiary/aromatic N) is 2. The van der Waals surface area contributed by atoms with Crippen LogP contribution in [-0.4, -0.2) is 13.1 Å². The molecule has 0 radical (unpaired) electrons. The molecular weight excluding hydrogens is 277 g/mol. The summed E-state index contributed by atoms with van der Waals surface area (Å²) in [5, 5.41) is 9.15. The first-order valence-corrected chi connectivity index (χ1v) is 7.17. The third-order valence-electron chi connectivity index (χ3n) is 4.36. The predicted octanol–water partition coefficient (Wildman–Crippen LogP) is 4.59. The van der Waals surface area contributed by atoms with E-state index < -0.39 is 11.7 Å². The maximum absolute atomic E-state index is 12.7. The SMILES string of the molecule is CC1CCC(N(C)c2ccc(C(F)(F)F)cc2C#N)CC1. The summed E-state index contributed by atoms with van der Waals surface area (Å²) >= 11 is 0. The molecule has 1 aromatic rings. The summed E-state index contributed by atoms with van der Waals surface area (Å²) in [7, 11) is 1.87. The first-order valence-electron chi connectivity index (χ1n) is 7.17. The normalized spacial score (nSPS) is 22.7. The molecule has 0 heterocycles. The molecule has 0 saturated heterocycles. The highest BCUT2D eigenvalue weighted by atomic mass is 19.4. The van der Waals surface area contributed by atoms with E-state index >= 15 is 0 Å². The Balaban J connectivity index is 2.25. The highest BCUT2D eigenvalue weighted by Gasteiger charge is 2.32. The van der Waals surface area contributed by atoms with Crippen molar-refractivity contribution in [2.45, 2.75) is 44.8 Å². The smallest absolute Gasteiger partial charge is 0.371 e. The van der Waals surface area contributed by atoms with Gasteiger partial charge in [-0.25, -0.2) is 0 Å². The van der Waals surface area contributed by atoms with Crippen LogP contribution < -0.4 is 4.90 Å². The van der Waals surface area contributed by atoms with E-state index in [9.17, 15) is 13.2 Å². The van der Waals surface area contributed by atoms with Crippen molar-refractivity contribution in [2.75, 3.05) is 11.9 Å². The van der Waals surface area contributed by atoms with Gasteiger partial charge >= 0.3 is 6.18 Å². The minimum atomic E-state index is -4.41. The van der Waals surface area contributed by atoms with Crippen LogP contribution in [0.2, 0.25) is 0 Å². The van der Waals surface area contributed by atoms with Gasteiger partial charge in [-0.15, -0.1) is 0 Å². The summed E-state index contributed by atoms with van der Waals surface area (Å²) in [6.07, 6.45) is -0.134. The summed E-state index contributed by atoms with van der Waals surface area (Å²) in [6, 6.07) is 5.60. The van der Waals surface area contributed by atoms with E-state index in [2.05, 4.69) is 6.92 Å². The summed E-state index contributed by atoms with van der Waals surface area (Å²) in [5.41, 5.74) is -0.0931. The summed E-state index contributed by atoms with van der Waals surface area (Å²) < 4.78 is 38.1. The molecule has 2 rings (SSSR count). The number of alkyl halides is 3. The Bertz CT molecular complexity index is 537. The zero-order valence-electron chi connectivity index (χ0n) is 12.2. The highest BCUT2D eigenvalue weighted by molar-refractivity contribution is 5.61. The van der Waals surface area contributed by atoms with Crippen LogP contribution in [0.15, 0.2) is 18.2 Å². The molecule has 21 heavy (non-hydrogen) atoms. The lowest BCUT2D eigenvalue weighted by molar-refractivity contribution is -0.137. The number of hydrogen-bond acceptors (Lipinski definition) is 2. The Morgan fingerprint density at radius 3 is 2.33 bits per heavy atom. The molecule has 5 heteroatoms. The molecule has 0 atom stereocenters. The second-order valence-electron chi connectivity index (χ2n) is 5.87. The molecular formula is C16H19F3N2. The fourth-order valence-electron chi connectivity index (χ4n) is 2.94. The fourth-order valence-corrected chi connectivity index (χ4v) is 2.94. The van der Waals surface area contributed by atoms with E-state index in [0.717, 1.165) is 37.8 Å². The van der Waals surface area contributed by atoms with Crippen molar-refractivity contribution in [3.63, 3.8) is 0 Å². The van der Waals surface area contributed by atoms with Crippen molar-refractivity contribution in [1.82, 2.24) is 0 Å². The van der Waals surface area contributed by atoms with E-state index in [1.54, 1.807) is 0 Å². The van der Waals surface area contributed by atoms with Gasteiger partial charge in [-0.1, -0.05) is 6.92 Å². The van der Waals surface area contributed by atoms with Crippen molar-refractivity contribution >= 4 is 5.69 Å². The molecule has 0 bridgehead atoms. The molecule has 1 fully saturated rings. The predicted molar refractivity (Wildman–Crippen MR) is 76.0 cm³/mol. The van der Waals surface area contributed by atoms with Gasteiger partial charge < -0.3 is 4.90 Å². The summed E-state index contributed by atoms with van der Waals surface area (Å²) in [5.74, 6) is 0.706. The summed E-state index contributed by atoms with van der Waals surface area (Å²) in [6.45, 7) is 2.22. The summed E-state index contributed by atoms with van der Waals surface area (Å²) in [4.78, 5) is 1.96. The van der Waals surface area contributed by atoms with Gasteiger partial charge in [-0.3, -0.25) is 0 Å². The molecule has 0 spiro atoms. The topological polar surface area (TPSA) is 27.0 Å². The van der Waals surface area contributed by atoms with Crippen molar-refractivity contribution < 1.29 is 13.2 Å². The average Bonchev–Trinajstić information content (AvgIpc) is 2.45. The Morgan fingerprint density at radius 1 is 1.19 bits per heavy atom. The Morgan fingerprint density at radius 2 is 1.81 bits per heavy atom. The number of rotatable bonds is 2. The molecule has 0 amide bonds. The Labute approximate surface area is 123 Å². The average molecular weight is 296 g/mol. The van der Waals surface area contributed by atoms with Gasteiger partial charge in [0.1, 0.15) is 6.07 Å². The van der Waals surface area contributed by atoms with E-state index in [4.69, 9.17) is 5.26 Å². The van der Waals surface area contributed by atoms with Crippen LogP contribution in [0.1, 0.15) is 43.7 Å². The van der Waals surface area contributed by atoms with Gasteiger partial charge in [0, 0.05) is 13.1 Å². The number of benzene rings is 1. The van der Waals surface area contributed by atoms with Gasteiger partial charge in [-0.05, 0) is 49.8 Å². The maximum atomic E-state index is 12.7. The lowest BCUT2D eigenvalue weighted by atomic mass is 9.86. The van der Waals surface area contributed by atoms with Crippen LogP contribution in [0.5, 0.6) is 0 Å². The van der Waals surface area contributed by atoms with Crippen molar-refractivity contribution in [2.24, 2.45) is 5.92 Å². The molecule has 0 aromatic heterocycles. The third kappa shape index (κ3) is 3.49. The number of hydrogen-bond donors (Lipinski definition) is 0. The highest BCUT2D eigenvalue weighted by Crippen LogP contribution is 2.35. The van der Waals surface area contributed by atoms with Crippen LogP contribution in [0.25, 0.3) is 0 Å². The van der Waals surface area contributed by atoms with Gasteiger partial charge in [0.25, 0.3) is 0 Å². The minimum absolute atomic E-state index is 0.0888. The molecule has 1 aliphatic carbocycles. The quantitative estimate of drug-likeness (QED) is 0.798. The third-order valence-corrected chi connectivity index (χ3v) is 4.36. The second-order valence-corrected chi connectivity index (χ2v) is 5.87. The van der Waals surface area contributed by atoms with Crippen molar-refractivity contribution in [1.29, 1.82) is 5.26 Å². The first kappa shape index (κ1) is 15.7. The standard InChI is InChI=1S/C16H19F3N2/c1-11-3-6-14(7-4-11)21(2)15-8-5-13(16(17,18)19)9-12(15)10-20/h5,8-9,11,14H,3-4,6-7H2,1-2H3. The number of halogens is 3. The van der Waals surface area contributed by atoms with Crippen LogP contribution in [0.3, 0.4) is 0 Å². The van der Waals surface area contributed by atoms with Crippen molar-refractivity contribution in [3.8, 4) is 6.07 Å². The molecule has 1 saturated carbocycles. The van der Waals surface area contributed by atoms with Crippen LogP contribution >= 0.6 is 0 Å². The van der Waals surface area contributed by atoms with E-state index in [0.29, 0.717) is 17.6 Å². The number of nitriles is 1. The van der Waals surface area contributed by atoms with Crippen LogP contribution in [-0.2, 0) is 6.18 Å². The van der Waals surface area contributed by atoms with E-state index in [1.807, 2.05) is 18.0 Å². The molecule has 0 unspecified atom stereocenters. The molecule has 114 valence electrons. The largest absolute Gasteiger partial charge is 0.416 e. The van der Waals surface area contributed by atoms with Crippen molar-refractivity contribution in [3.05, 3.63) is 29.3 Å². The maximum Gasteiger partial charge on any atom is 0.416 e. The van der Waals surface area contributed by atoms with Crippen LogP contribution in [0.4, 0.5) is 18.9 Å². The minimum Gasteiger partial charge on any atom is -0.371 e.